The van der Waals surface area contributed by atoms with E-state index < -0.39 is 10.0 Å². The van der Waals surface area contributed by atoms with E-state index in [4.69, 9.17) is 21.1 Å². The predicted molar refractivity (Wildman–Crippen MR) is 119 cm³/mol. The minimum atomic E-state index is -3.76. The second-order valence-corrected chi connectivity index (χ2v) is 8.58. The van der Waals surface area contributed by atoms with Gasteiger partial charge in [0.25, 0.3) is 15.9 Å². The van der Waals surface area contributed by atoms with Crippen molar-refractivity contribution in [2.75, 3.05) is 18.4 Å². The lowest BCUT2D eigenvalue weighted by Crippen LogP contribution is -2.28. The van der Waals surface area contributed by atoms with Crippen molar-refractivity contribution < 1.29 is 22.7 Å². The highest BCUT2D eigenvalue weighted by atomic mass is 35.5. The van der Waals surface area contributed by atoms with Crippen LogP contribution in [0.2, 0.25) is 5.02 Å². The maximum atomic E-state index is 12.5. The van der Waals surface area contributed by atoms with Gasteiger partial charge >= 0.3 is 0 Å². The molecule has 2 N–H and O–H groups in total. The Balaban J connectivity index is 1.53. The Bertz CT molecular complexity index is 1130. The molecule has 0 aliphatic carbocycles. The number of carbonyl (C=O) groups is 1. The Hall–Kier alpha value is -3.23. The van der Waals surface area contributed by atoms with Crippen LogP contribution < -0.4 is 19.5 Å². The van der Waals surface area contributed by atoms with Crippen molar-refractivity contribution in [2.45, 2.75) is 11.4 Å². The zero-order valence-electron chi connectivity index (χ0n) is 16.7. The first-order valence-corrected chi connectivity index (χ1v) is 11.1. The van der Waals surface area contributed by atoms with Crippen molar-refractivity contribution in [3.63, 3.8) is 0 Å². The third-order valence-electron chi connectivity index (χ3n) is 4.27. The van der Waals surface area contributed by atoms with Crippen LogP contribution in [-0.4, -0.2) is 28.0 Å². The van der Waals surface area contributed by atoms with E-state index in [1.165, 1.54) is 24.3 Å². The summed E-state index contributed by atoms with van der Waals surface area (Å²) >= 11 is 5.81. The molecule has 1 amide bonds. The minimum absolute atomic E-state index is 0.0652. The molecule has 3 rings (SSSR count). The molecule has 162 valence electrons. The quantitative estimate of drug-likeness (QED) is 0.506. The minimum Gasteiger partial charge on any atom is -0.496 e. The summed E-state index contributed by atoms with van der Waals surface area (Å²) in [6, 6.07) is 19.5. The number of hydrogen-bond donors (Lipinski definition) is 2. The molecule has 3 aromatic carbocycles. The fourth-order valence-corrected chi connectivity index (χ4v) is 3.87. The molecule has 0 bridgehead atoms. The molecule has 9 heteroatoms. The number of sulfonamides is 1. The highest BCUT2D eigenvalue weighted by molar-refractivity contribution is 7.92. The molecule has 3 aromatic rings. The molecule has 0 saturated heterocycles. The van der Waals surface area contributed by atoms with Crippen LogP contribution in [0.5, 0.6) is 11.5 Å². The molecule has 0 aliphatic heterocycles. The topological polar surface area (TPSA) is 93.7 Å². The van der Waals surface area contributed by atoms with Gasteiger partial charge in [0.05, 0.1) is 12.0 Å². The highest BCUT2D eigenvalue weighted by Crippen LogP contribution is 2.21. The molecule has 0 heterocycles. The molecule has 0 saturated carbocycles. The van der Waals surface area contributed by atoms with Crippen molar-refractivity contribution in [1.29, 1.82) is 0 Å². The van der Waals surface area contributed by atoms with Gasteiger partial charge in [-0.1, -0.05) is 29.8 Å². The normalized spacial score (nSPS) is 10.9. The van der Waals surface area contributed by atoms with Gasteiger partial charge in [-0.25, -0.2) is 8.42 Å². The van der Waals surface area contributed by atoms with Gasteiger partial charge in [0.1, 0.15) is 11.5 Å². The predicted octanol–water partition coefficient (Wildman–Crippen LogP) is 3.84. The van der Waals surface area contributed by atoms with Gasteiger partial charge in [-0.3, -0.25) is 9.52 Å². The zero-order chi connectivity index (χ0) is 22.3. The smallest absolute Gasteiger partial charge is 0.261 e. The summed E-state index contributed by atoms with van der Waals surface area (Å²) in [6.07, 6.45) is 0. The van der Waals surface area contributed by atoms with Crippen LogP contribution in [0.25, 0.3) is 0 Å². The SMILES string of the molecule is COc1ccccc1CNC(=O)COc1ccc(S(=O)(=O)Nc2ccc(Cl)cc2)cc1. The van der Waals surface area contributed by atoms with Crippen molar-refractivity contribution in [3.05, 3.63) is 83.4 Å². The van der Waals surface area contributed by atoms with Crippen molar-refractivity contribution in [2.24, 2.45) is 0 Å². The lowest BCUT2D eigenvalue weighted by atomic mass is 10.2. The van der Waals surface area contributed by atoms with E-state index in [-0.39, 0.29) is 17.4 Å². The number of nitrogens with one attached hydrogen (secondary N) is 2. The Morgan fingerprint density at radius 2 is 1.65 bits per heavy atom. The number of methoxy groups -OCH3 is 1. The number of ether oxygens (including phenoxy) is 2. The zero-order valence-corrected chi connectivity index (χ0v) is 18.2. The van der Waals surface area contributed by atoms with Gasteiger partial charge in [0, 0.05) is 22.8 Å². The van der Waals surface area contributed by atoms with Crippen LogP contribution in [0, 0.1) is 0 Å². The summed E-state index contributed by atoms with van der Waals surface area (Å²) in [5.41, 5.74) is 1.25. The maximum Gasteiger partial charge on any atom is 0.261 e. The molecule has 0 fully saturated rings. The van der Waals surface area contributed by atoms with E-state index in [2.05, 4.69) is 10.0 Å². The summed E-state index contributed by atoms with van der Waals surface area (Å²) in [7, 11) is -2.19. The fraction of sp³-hybridized carbons (Fsp3) is 0.136. The summed E-state index contributed by atoms with van der Waals surface area (Å²) in [4.78, 5) is 12.1. The largest absolute Gasteiger partial charge is 0.496 e. The molecular formula is C22H21ClN2O5S. The average Bonchev–Trinajstić information content (AvgIpc) is 2.78. The van der Waals surface area contributed by atoms with Crippen molar-refractivity contribution in [1.82, 2.24) is 5.32 Å². The molecule has 7 nitrogen and oxygen atoms in total. The fourth-order valence-electron chi connectivity index (χ4n) is 2.69. The Kier molecular flexibility index (Phi) is 7.38. The van der Waals surface area contributed by atoms with Crippen LogP contribution in [-0.2, 0) is 21.4 Å². The monoisotopic (exact) mass is 460 g/mol. The van der Waals surface area contributed by atoms with Gasteiger partial charge < -0.3 is 14.8 Å². The summed E-state index contributed by atoms with van der Waals surface area (Å²) in [5.74, 6) is 0.748. The third-order valence-corrected chi connectivity index (χ3v) is 5.92. The highest BCUT2D eigenvalue weighted by Gasteiger charge is 2.14. The van der Waals surface area contributed by atoms with E-state index in [9.17, 15) is 13.2 Å². The van der Waals surface area contributed by atoms with Crippen molar-refractivity contribution >= 4 is 33.2 Å². The molecule has 0 radical (unpaired) electrons. The lowest BCUT2D eigenvalue weighted by molar-refractivity contribution is -0.123. The van der Waals surface area contributed by atoms with E-state index in [1.54, 1.807) is 31.4 Å². The number of hydrogen-bond acceptors (Lipinski definition) is 5. The van der Waals surface area contributed by atoms with Crippen LogP contribution in [0.3, 0.4) is 0 Å². The Morgan fingerprint density at radius 3 is 2.32 bits per heavy atom. The van der Waals surface area contributed by atoms with Crippen LogP contribution >= 0.6 is 11.6 Å². The van der Waals surface area contributed by atoms with E-state index in [0.29, 0.717) is 28.8 Å². The first-order chi connectivity index (χ1) is 14.9. The Morgan fingerprint density at radius 1 is 0.968 bits per heavy atom. The molecule has 0 aromatic heterocycles. The first kappa shape index (κ1) is 22.5. The van der Waals surface area contributed by atoms with Gasteiger partial charge in [0.15, 0.2) is 6.61 Å². The molecular weight excluding hydrogens is 440 g/mol. The van der Waals surface area contributed by atoms with Crippen LogP contribution in [0.4, 0.5) is 5.69 Å². The number of benzene rings is 3. The van der Waals surface area contributed by atoms with Gasteiger partial charge in [-0.15, -0.1) is 0 Å². The number of rotatable bonds is 9. The number of carbonyl (C=O) groups excluding carboxylic acids is 1. The van der Waals surface area contributed by atoms with Crippen LogP contribution in [0.1, 0.15) is 5.56 Å². The van der Waals surface area contributed by atoms with Gasteiger partial charge in [0.2, 0.25) is 0 Å². The molecule has 0 spiro atoms. The maximum absolute atomic E-state index is 12.5. The average molecular weight is 461 g/mol. The number of amides is 1. The molecule has 0 unspecified atom stereocenters. The van der Waals surface area contributed by atoms with E-state index in [1.807, 2.05) is 24.3 Å². The van der Waals surface area contributed by atoms with Crippen LogP contribution in [0.15, 0.2) is 77.7 Å². The van der Waals surface area contributed by atoms with Crippen molar-refractivity contribution in [3.8, 4) is 11.5 Å². The first-order valence-electron chi connectivity index (χ1n) is 9.27. The van der Waals surface area contributed by atoms with E-state index >= 15 is 0 Å². The Labute approximate surface area is 186 Å². The lowest BCUT2D eigenvalue weighted by Gasteiger charge is -2.11. The number of para-hydroxylation sites is 1. The molecule has 31 heavy (non-hydrogen) atoms. The molecule has 0 aliphatic rings. The summed E-state index contributed by atoms with van der Waals surface area (Å²) in [5, 5.41) is 3.26. The second kappa shape index (κ2) is 10.2. The summed E-state index contributed by atoms with van der Waals surface area (Å²) < 4.78 is 38.1. The van der Waals surface area contributed by atoms with E-state index in [0.717, 1.165) is 5.56 Å². The summed E-state index contributed by atoms with van der Waals surface area (Å²) in [6.45, 7) is 0.101. The standard InChI is InChI=1S/C22H21ClN2O5S/c1-29-21-5-3-2-4-16(21)14-24-22(26)15-30-19-10-12-20(13-11-19)31(27,28)25-18-8-6-17(23)7-9-18/h2-13,25H,14-15H2,1H3,(H,24,26). The van der Waals surface area contributed by atoms with Gasteiger partial charge in [-0.05, 0) is 54.6 Å². The number of halogens is 1. The molecule has 0 atom stereocenters. The number of anilines is 1. The second-order valence-electron chi connectivity index (χ2n) is 6.46. The van der Waals surface area contributed by atoms with Gasteiger partial charge in [-0.2, -0.15) is 0 Å². The third kappa shape index (κ3) is 6.37.